The predicted octanol–water partition coefficient (Wildman–Crippen LogP) is 3.51. The van der Waals surface area contributed by atoms with Gasteiger partial charge in [-0.05, 0) is 38.3 Å². The average molecular weight is 427 g/mol. The zero-order valence-corrected chi connectivity index (χ0v) is 18.1. The normalized spacial score (nSPS) is 25.5. The van der Waals surface area contributed by atoms with Crippen molar-refractivity contribution in [3.63, 3.8) is 0 Å². The van der Waals surface area contributed by atoms with Crippen molar-refractivity contribution >= 4 is 28.2 Å². The number of ether oxygens (including phenoxy) is 1. The van der Waals surface area contributed by atoms with Gasteiger partial charge in [-0.3, -0.25) is 9.58 Å². The van der Waals surface area contributed by atoms with Crippen LogP contribution in [0.3, 0.4) is 0 Å². The second kappa shape index (κ2) is 6.97. The third kappa shape index (κ3) is 3.11. The summed E-state index contributed by atoms with van der Waals surface area (Å²) in [5.41, 5.74) is 3.35. The molecule has 2 aliphatic heterocycles. The molecule has 30 heavy (non-hydrogen) atoms. The number of hydrogen-bond donors (Lipinski definition) is 0. The third-order valence-electron chi connectivity index (χ3n) is 6.97. The molecule has 6 rings (SSSR count). The van der Waals surface area contributed by atoms with Crippen LogP contribution in [0.25, 0.3) is 16.6 Å². The highest BCUT2D eigenvalue weighted by Gasteiger charge is 2.37. The van der Waals surface area contributed by atoms with Crippen LogP contribution in [0, 0.1) is 0 Å². The first-order chi connectivity index (χ1) is 14.6. The van der Waals surface area contributed by atoms with Crippen molar-refractivity contribution in [2.45, 2.75) is 37.8 Å². The second-order valence-corrected chi connectivity index (χ2v) is 9.51. The van der Waals surface area contributed by atoms with Gasteiger partial charge in [-0.1, -0.05) is 11.6 Å². The monoisotopic (exact) mass is 426 g/mol. The molecule has 4 heterocycles. The molecule has 1 unspecified atom stereocenters. The van der Waals surface area contributed by atoms with E-state index in [1.165, 1.54) is 12.8 Å². The van der Waals surface area contributed by atoms with Gasteiger partial charge in [-0.25, -0.2) is 4.68 Å². The molecule has 3 aromatic rings. The summed E-state index contributed by atoms with van der Waals surface area (Å²) in [6.07, 6.45) is 9.45. The lowest BCUT2D eigenvalue weighted by molar-refractivity contribution is 0.0745. The highest BCUT2D eigenvalue weighted by atomic mass is 35.5. The van der Waals surface area contributed by atoms with Crippen LogP contribution in [0.5, 0.6) is 0 Å². The van der Waals surface area contributed by atoms with Crippen LogP contribution >= 0.6 is 11.6 Å². The Hall–Kier alpha value is -2.09. The molecule has 2 saturated heterocycles. The molecule has 0 N–H and O–H groups in total. The van der Waals surface area contributed by atoms with Gasteiger partial charge < -0.3 is 9.64 Å². The van der Waals surface area contributed by atoms with E-state index in [-0.39, 0.29) is 5.54 Å². The third-order valence-corrected chi connectivity index (χ3v) is 7.27. The minimum atomic E-state index is 0.181. The van der Waals surface area contributed by atoms with Gasteiger partial charge in [-0.15, -0.1) is 0 Å². The van der Waals surface area contributed by atoms with Gasteiger partial charge in [0.05, 0.1) is 47.5 Å². The number of halogens is 1. The first-order valence-corrected chi connectivity index (χ1v) is 11.3. The lowest BCUT2D eigenvalue weighted by Gasteiger charge is -2.44. The van der Waals surface area contributed by atoms with Crippen LogP contribution in [-0.2, 0) is 4.74 Å². The highest BCUT2D eigenvalue weighted by molar-refractivity contribution is 6.34. The topological polar surface area (TPSA) is 51.3 Å². The average Bonchev–Trinajstić information content (AvgIpc) is 3.13. The molecular formula is C22H27ClN6O. The molecular weight excluding hydrogens is 400 g/mol. The fourth-order valence-corrected chi connectivity index (χ4v) is 5.14. The first kappa shape index (κ1) is 18.7. The maximum atomic E-state index is 6.71. The Bertz CT molecular complexity index is 1070. The molecule has 3 fully saturated rings. The number of hydrogen-bond acceptors (Lipinski definition) is 5. The van der Waals surface area contributed by atoms with Crippen molar-refractivity contribution in [2.75, 3.05) is 44.3 Å². The van der Waals surface area contributed by atoms with E-state index < -0.39 is 0 Å². The molecule has 0 bridgehead atoms. The van der Waals surface area contributed by atoms with Crippen molar-refractivity contribution < 1.29 is 4.74 Å². The van der Waals surface area contributed by atoms with E-state index in [0.29, 0.717) is 6.04 Å². The van der Waals surface area contributed by atoms with Crippen molar-refractivity contribution in [1.82, 2.24) is 24.5 Å². The van der Waals surface area contributed by atoms with E-state index in [4.69, 9.17) is 16.3 Å². The summed E-state index contributed by atoms with van der Waals surface area (Å²) in [5, 5.41) is 11.0. The van der Waals surface area contributed by atoms with Crippen molar-refractivity contribution in [2.24, 2.45) is 0 Å². The Balaban J connectivity index is 1.27. The number of piperazine rings is 1. The van der Waals surface area contributed by atoms with Gasteiger partial charge in [0.1, 0.15) is 5.69 Å². The summed E-state index contributed by atoms with van der Waals surface area (Å²) in [6.45, 7) is 8.04. The van der Waals surface area contributed by atoms with Crippen LogP contribution < -0.4 is 4.90 Å². The number of fused-ring (bicyclic) bond motifs is 1. The van der Waals surface area contributed by atoms with Crippen LogP contribution in [0.4, 0.5) is 5.69 Å². The highest BCUT2D eigenvalue weighted by Crippen LogP contribution is 2.36. The lowest BCUT2D eigenvalue weighted by atomic mass is 9.98. The smallest absolute Gasteiger partial charge is 0.103 e. The summed E-state index contributed by atoms with van der Waals surface area (Å²) in [4.78, 5) is 4.99. The molecule has 8 heteroatoms. The minimum absolute atomic E-state index is 0.181. The molecule has 1 aromatic carbocycles. The molecule has 0 radical (unpaired) electrons. The SMILES string of the molecule is CC1(N2CCN(c3cc4c(cnn4-c4cnn(C5CC5)c4)cc3Cl)CC2)CCOC1. The Kier molecular flexibility index (Phi) is 4.34. The Labute approximate surface area is 181 Å². The van der Waals surface area contributed by atoms with Crippen molar-refractivity contribution in [3.05, 3.63) is 35.7 Å². The van der Waals surface area contributed by atoms with Crippen LogP contribution in [0.2, 0.25) is 5.02 Å². The van der Waals surface area contributed by atoms with Crippen LogP contribution in [0.1, 0.15) is 32.2 Å². The summed E-state index contributed by atoms with van der Waals surface area (Å²) >= 11 is 6.71. The maximum absolute atomic E-state index is 6.71. The largest absolute Gasteiger partial charge is 0.379 e. The van der Waals surface area contributed by atoms with E-state index in [2.05, 4.69) is 43.9 Å². The standard InChI is InChI=1S/C22H27ClN6O/c1-22(4-9-30-15-22)27-7-5-26(6-8-27)21-11-20-16(10-19(21)23)12-25-29(20)18-13-24-28(14-18)17-2-3-17/h10-14,17H,2-9,15H2,1H3. The molecule has 1 atom stereocenters. The van der Waals surface area contributed by atoms with E-state index in [0.717, 1.165) is 73.1 Å². The molecule has 158 valence electrons. The Morgan fingerprint density at radius 1 is 1.10 bits per heavy atom. The molecule has 0 spiro atoms. The first-order valence-electron chi connectivity index (χ1n) is 10.9. The van der Waals surface area contributed by atoms with E-state index in [1.807, 2.05) is 23.1 Å². The Morgan fingerprint density at radius 3 is 2.67 bits per heavy atom. The van der Waals surface area contributed by atoms with E-state index in [9.17, 15) is 0 Å². The lowest BCUT2D eigenvalue weighted by Crippen LogP contribution is -2.56. The fourth-order valence-electron chi connectivity index (χ4n) is 4.85. The number of aromatic nitrogens is 4. The van der Waals surface area contributed by atoms with Gasteiger partial charge in [0.25, 0.3) is 0 Å². The summed E-state index contributed by atoms with van der Waals surface area (Å²) < 4.78 is 9.71. The molecule has 2 aromatic heterocycles. The number of nitrogens with zero attached hydrogens (tertiary/aromatic N) is 6. The quantitative estimate of drug-likeness (QED) is 0.639. The minimum Gasteiger partial charge on any atom is -0.379 e. The molecule has 1 saturated carbocycles. The molecule has 7 nitrogen and oxygen atoms in total. The molecule has 1 aliphatic carbocycles. The maximum Gasteiger partial charge on any atom is 0.103 e. The number of benzene rings is 1. The van der Waals surface area contributed by atoms with Gasteiger partial charge in [0.2, 0.25) is 0 Å². The predicted molar refractivity (Wildman–Crippen MR) is 118 cm³/mol. The van der Waals surface area contributed by atoms with Gasteiger partial charge >= 0.3 is 0 Å². The summed E-state index contributed by atoms with van der Waals surface area (Å²) in [7, 11) is 0. The number of anilines is 1. The van der Waals surface area contributed by atoms with Gasteiger partial charge in [0.15, 0.2) is 0 Å². The van der Waals surface area contributed by atoms with Crippen molar-refractivity contribution in [3.8, 4) is 5.69 Å². The molecule has 0 amide bonds. The van der Waals surface area contributed by atoms with Gasteiger partial charge in [-0.2, -0.15) is 10.2 Å². The zero-order chi connectivity index (χ0) is 20.3. The van der Waals surface area contributed by atoms with Crippen LogP contribution in [-0.4, -0.2) is 69.4 Å². The fraction of sp³-hybridized carbons (Fsp3) is 0.545. The van der Waals surface area contributed by atoms with E-state index in [1.54, 1.807) is 0 Å². The summed E-state index contributed by atoms with van der Waals surface area (Å²) in [5.74, 6) is 0. The second-order valence-electron chi connectivity index (χ2n) is 9.10. The van der Waals surface area contributed by atoms with E-state index >= 15 is 0 Å². The number of rotatable bonds is 4. The Morgan fingerprint density at radius 2 is 1.93 bits per heavy atom. The summed E-state index contributed by atoms with van der Waals surface area (Å²) in [6, 6.07) is 4.79. The van der Waals surface area contributed by atoms with Crippen LogP contribution in [0.15, 0.2) is 30.7 Å². The van der Waals surface area contributed by atoms with Gasteiger partial charge in [0, 0.05) is 43.7 Å². The molecule has 3 aliphatic rings. The zero-order valence-electron chi connectivity index (χ0n) is 17.3. The van der Waals surface area contributed by atoms with Crippen molar-refractivity contribution in [1.29, 1.82) is 0 Å².